The normalized spacial score (nSPS) is 40.7. The van der Waals surface area contributed by atoms with Crippen LogP contribution in [0.1, 0.15) is 52.9 Å². The molecule has 0 aromatic heterocycles. The second-order valence-electron chi connectivity index (χ2n) is 8.07. The molecule has 22 heavy (non-hydrogen) atoms. The van der Waals surface area contributed by atoms with E-state index in [0.717, 1.165) is 19.3 Å². The first-order valence-electron chi connectivity index (χ1n) is 9.10. The standard InChI is InChI=1S/C20H30O2/c1-13(2)17-9-8-14(3)10-19(17)22-20(21)18-12-15-6-4-5-7-16(18)11-15/h4-7,13-19H,8-12H2,1-3H3/t14-,15+,16-,17+,18+,19-/m1/s1. The van der Waals surface area contributed by atoms with Gasteiger partial charge in [-0.2, -0.15) is 0 Å². The van der Waals surface area contributed by atoms with Crippen LogP contribution >= 0.6 is 0 Å². The van der Waals surface area contributed by atoms with Gasteiger partial charge < -0.3 is 4.74 Å². The van der Waals surface area contributed by atoms with Crippen LogP contribution in [0.5, 0.6) is 0 Å². The number of rotatable bonds is 3. The van der Waals surface area contributed by atoms with Gasteiger partial charge in [0.05, 0.1) is 5.92 Å². The number of ether oxygens (including phenoxy) is 1. The zero-order valence-corrected chi connectivity index (χ0v) is 14.2. The van der Waals surface area contributed by atoms with Crippen LogP contribution in [0.25, 0.3) is 0 Å². The van der Waals surface area contributed by atoms with E-state index in [2.05, 4.69) is 45.1 Å². The predicted octanol–water partition coefficient (Wildman–Crippen LogP) is 4.76. The summed E-state index contributed by atoms with van der Waals surface area (Å²) in [5, 5.41) is 0. The van der Waals surface area contributed by atoms with Crippen LogP contribution in [0.3, 0.4) is 0 Å². The summed E-state index contributed by atoms with van der Waals surface area (Å²) in [4.78, 5) is 12.8. The smallest absolute Gasteiger partial charge is 0.309 e. The fourth-order valence-corrected chi connectivity index (χ4v) is 4.67. The Bertz CT molecular complexity index is 462. The molecule has 0 saturated heterocycles. The van der Waals surface area contributed by atoms with Crippen LogP contribution in [-0.2, 0) is 9.53 Å². The molecule has 6 atom stereocenters. The highest BCUT2D eigenvalue weighted by Gasteiger charge is 2.40. The van der Waals surface area contributed by atoms with Gasteiger partial charge in [0.15, 0.2) is 0 Å². The Morgan fingerprint density at radius 2 is 1.86 bits per heavy atom. The molecular weight excluding hydrogens is 272 g/mol. The molecule has 0 aliphatic heterocycles. The predicted molar refractivity (Wildman–Crippen MR) is 89.2 cm³/mol. The van der Waals surface area contributed by atoms with E-state index in [1.165, 1.54) is 12.8 Å². The Kier molecular flexibility index (Phi) is 4.75. The first kappa shape index (κ1) is 15.8. The van der Waals surface area contributed by atoms with Gasteiger partial charge in [0, 0.05) is 0 Å². The fraction of sp³-hybridized carbons (Fsp3) is 0.750. The van der Waals surface area contributed by atoms with Gasteiger partial charge in [0.2, 0.25) is 0 Å². The maximum atomic E-state index is 12.8. The molecule has 122 valence electrons. The topological polar surface area (TPSA) is 26.3 Å². The Balaban J connectivity index is 1.65. The number of fused-ring (bicyclic) bond motifs is 2. The number of hydrogen-bond donors (Lipinski definition) is 0. The lowest BCUT2D eigenvalue weighted by atomic mass is 9.75. The van der Waals surface area contributed by atoms with Crippen LogP contribution in [0.15, 0.2) is 24.3 Å². The molecule has 0 amide bonds. The molecule has 0 spiro atoms. The molecule has 0 aromatic carbocycles. The largest absolute Gasteiger partial charge is 0.462 e. The van der Waals surface area contributed by atoms with Gasteiger partial charge in [-0.15, -0.1) is 0 Å². The molecule has 2 fully saturated rings. The van der Waals surface area contributed by atoms with Gasteiger partial charge in [0.1, 0.15) is 6.10 Å². The van der Waals surface area contributed by atoms with Crippen molar-refractivity contribution in [1.82, 2.24) is 0 Å². The lowest BCUT2D eigenvalue weighted by Gasteiger charge is -2.37. The molecule has 0 unspecified atom stereocenters. The lowest BCUT2D eigenvalue weighted by Crippen LogP contribution is -2.37. The Labute approximate surface area is 135 Å². The minimum atomic E-state index is 0.0669. The number of esters is 1. The summed E-state index contributed by atoms with van der Waals surface area (Å²) in [5.74, 6) is 2.91. The third kappa shape index (κ3) is 3.31. The summed E-state index contributed by atoms with van der Waals surface area (Å²) in [6.07, 6.45) is 14.4. The summed E-state index contributed by atoms with van der Waals surface area (Å²) >= 11 is 0. The quantitative estimate of drug-likeness (QED) is 0.703. The molecule has 3 rings (SSSR count). The van der Waals surface area contributed by atoms with Crippen LogP contribution in [0.2, 0.25) is 0 Å². The molecule has 0 aromatic rings. The van der Waals surface area contributed by atoms with E-state index >= 15 is 0 Å². The van der Waals surface area contributed by atoms with Crippen molar-refractivity contribution in [2.24, 2.45) is 35.5 Å². The van der Waals surface area contributed by atoms with Crippen molar-refractivity contribution in [2.75, 3.05) is 0 Å². The van der Waals surface area contributed by atoms with Gasteiger partial charge in [0.25, 0.3) is 0 Å². The number of allylic oxidation sites excluding steroid dienone is 4. The van der Waals surface area contributed by atoms with Crippen molar-refractivity contribution < 1.29 is 9.53 Å². The maximum absolute atomic E-state index is 12.8. The molecule has 2 bridgehead atoms. The van der Waals surface area contributed by atoms with Gasteiger partial charge in [-0.25, -0.2) is 0 Å². The zero-order chi connectivity index (χ0) is 15.7. The molecule has 2 saturated carbocycles. The van der Waals surface area contributed by atoms with Gasteiger partial charge in [-0.05, 0) is 55.3 Å². The maximum Gasteiger partial charge on any atom is 0.309 e. The van der Waals surface area contributed by atoms with Crippen LogP contribution in [-0.4, -0.2) is 12.1 Å². The summed E-state index contributed by atoms with van der Waals surface area (Å²) in [6.45, 7) is 6.82. The van der Waals surface area contributed by atoms with Crippen molar-refractivity contribution >= 4 is 5.97 Å². The lowest BCUT2D eigenvalue weighted by molar-refractivity contribution is -0.161. The second kappa shape index (κ2) is 6.60. The number of carbonyl (C=O) groups excluding carboxylic acids is 1. The number of hydrogen-bond acceptors (Lipinski definition) is 2. The summed E-state index contributed by atoms with van der Waals surface area (Å²) in [7, 11) is 0. The molecule has 0 radical (unpaired) electrons. The van der Waals surface area contributed by atoms with E-state index in [1.807, 2.05) is 0 Å². The Hall–Kier alpha value is -1.05. The SMILES string of the molecule is CC(C)[C@@H]1CC[C@@H](C)C[C@H]1OC(=O)[C@H]1C[C@H]2C=CC=C[C@@H]1C2. The van der Waals surface area contributed by atoms with Crippen LogP contribution in [0, 0.1) is 35.5 Å². The highest BCUT2D eigenvalue weighted by Crippen LogP contribution is 2.42. The van der Waals surface area contributed by atoms with E-state index < -0.39 is 0 Å². The van der Waals surface area contributed by atoms with Gasteiger partial charge in [-0.1, -0.05) is 51.5 Å². The summed E-state index contributed by atoms with van der Waals surface area (Å²) in [5.41, 5.74) is 0. The first-order valence-corrected chi connectivity index (χ1v) is 9.10. The highest BCUT2D eigenvalue weighted by molar-refractivity contribution is 5.74. The third-order valence-electron chi connectivity index (χ3n) is 6.03. The molecule has 3 aliphatic rings. The van der Waals surface area contributed by atoms with Crippen molar-refractivity contribution in [3.63, 3.8) is 0 Å². The molecular formula is C20H30O2. The molecule has 2 heteroatoms. The van der Waals surface area contributed by atoms with Crippen molar-refractivity contribution in [3.05, 3.63) is 24.3 Å². The van der Waals surface area contributed by atoms with Gasteiger partial charge in [-0.3, -0.25) is 4.79 Å². The van der Waals surface area contributed by atoms with Crippen LogP contribution in [0.4, 0.5) is 0 Å². The molecule has 3 aliphatic carbocycles. The average molecular weight is 302 g/mol. The zero-order valence-electron chi connectivity index (χ0n) is 14.2. The van der Waals surface area contributed by atoms with E-state index in [1.54, 1.807) is 0 Å². The van der Waals surface area contributed by atoms with Gasteiger partial charge >= 0.3 is 5.97 Å². The van der Waals surface area contributed by atoms with Crippen LogP contribution < -0.4 is 0 Å². The minimum Gasteiger partial charge on any atom is -0.462 e. The van der Waals surface area contributed by atoms with E-state index in [9.17, 15) is 4.79 Å². The van der Waals surface area contributed by atoms with E-state index in [0.29, 0.717) is 29.6 Å². The number of carbonyl (C=O) groups is 1. The van der Waals surface area contributed by atoms with Crippen molar-refractivity contribution in [2.45, 2.75) is 59.0 Å². The molecule has 2 nitrogen and oxygen atoms in total. The minimum absolute atomic E-state index is 0.0669. The van der Waals surface area contributed by atoms with Crippen molar-refractivity contribution in [1.29, 1.82) is 0 Å². The van der Waals surface area contributed by atoms with E-state index in [4.69, 9.17) is 4.74 Å². The first-order chi connectivity index (χ1) is 10.5. The molecule has 0 N–H and O–H groups in total. The third-order valence-corrected chi connectivity index (χ3v) is 6.03. The fourth-order valence-electron chi connectivity index (χ4n) is 4.67. The Morgan fingerprint density at radius 3 is 2.64 bits per heavy atom. The second-order valence-corrected chi connectivity index (χ2v) is 8.07. The Morgan fingerprint density at radius 1 is 1.09 bits per heavy atom. The monoisotopic (exact) mass is 302 g/mol. The average Bonchev–Trinajstić information content (AvgIpc) is 2.70. The van der Waals surface area contributed by atoms with Crippen molar-refractivity contribution in [3.8, 4) is 0 Å². The molecule has 0 heterocycles. The van der Waals surface area contributed by atoms with E-state index in [-0.39, 0.29) is 18.0 Å². The summed E-state index contributed by atoms with van der Waals surface area (Å²) < 4.78 is 6.07. The summed E-state index contributed by atoms with van der Waals surface area (Å²) in [6, 6.07) is 0. The highest BCUT2D eigenvalue weighted by atomic mass is 16.5.